The maximum absolute atomic E-state index is 9.51. The Morgan fingerprint density at radius 1 is 1.21 bits per heavy atom. The van der Waals surface area contributed by atoms with Crippen LogP contribution in [0.3, 0.4) is 0 Å². The van der Waals surface area contributed by atoms with Crippen LogP contribution in [-0.2, 0) is 0 Å². The summed E-state index contributed by atoms with van der Waals surface area (Å²) in [5, 5.41) is 13.3. The highest BCUT2D eigenvalue weighted by Gasteiger charge is 2.05. The van der Waals surface area contributed by atoms with E-state index in [-0.39, 0.29) is 5.75 Å². The highest BCUT2D eigenvalue weighted by molar-refractivity contribution is 5.60. The third-order valence-corrected chi connectivity index (χ3v) is 2.12. The molecule has 0 aliphatic carbocycles. The zero-order chi connectivity index (χ0) is 10.1. The monoisotopic (exact) mass is 189 g/mol. The molecule has 0 fully saturated rings. The summed E-state index contributed by atoms with van der Waals surface area (Å²) in [7, 11) is 0. The number of phenols is 1. The van der Waals surface area contributed by atoms with E-state index in [4.69, 9.17) is 4.52 Å². The molecular formula is C11H11NO2. The Balaban J connectivity index is 2.47. The van der Waals surface area contributed by atoms with E-state index in [2.05, 4.69) is 5.16 Å². The highest BCUT2D eigenvalue weighted by Crippen LogP contribution is 2.26. The lowest BCUT2D eigenvalue weighted by atomic mass is 10.1. The van der Waals surface area contributed by atoms with Crippen LogP contribution in [0.4, 0.5) is 0 Å². The van der Waals surface area contributed by atoms with Gasteiger partial charge in [-0.2, -0.15) is 0 Å². The van der Waals surface area contributed by atoms with Crippen LogP contribution in [0.5, 0.6) is 5.75 Å². The summed E-state index contributed by atoms with van der Waals surface area (Å²) in [5.74, 6) is 0.953. The molecule has 0 saturated heterocycles. The van der Waals surface area contributed by atoms with Gasteiger partial charge >= 0.3 is 0 Å². The van der Waals surface area contributed by atoms with Gasteiger partial charge in [0.05, 0.1) is 5.69 Å². The number of rotatable bonds is 1. The molecule has 3 nitrogen and oxygen atoms in total. The van der Waals surface area contributed by atoms with Crippen LogP contribution in [-0.4, -0.2) is 10.3 Å². The van der Waals surface area contributed by atoms with E-state index >= 15 is 0 Å². The van der Waals surface area contributed by atoms with Gasteiger partial charge in [-0.25, -0.2) is 0 Å². The molecule has 1 N–H and O–H groups in total. The van der Waals surface area contributed by atoms with E-state index in [0.29, 0.717) is 5.76 Å². The number of aromatic hydroxyl groups is 1. The second-order valence-corrected chi connectivity index (χ2v) is 3.33. The number of nitrogens with zero attached hydrogens (tertiary/aromatic N) is 1. The van der Waals surface area contributed by atoms with Crippen LogP contribution in [0.1, 0.15) is 11.3 Å². The van der Waals surface area contributed by atoms with Gasteiger partial charge in [0, 0.05) is 11.6 Å². The van der Waals surface area contributed by atoms with Crippen LogP contribution in [0.15, 0.2) is 28.8 Å². The molecule has 0 amide bonds. The van der Waals surface area contributed by atoms with Crippen molar-refractivity contribution in [3.05, 3.63) is 35.5 Å². The van der Waals surface area contributed by atoms with E-state index in [1.165, 1.54) is 0 Å². The third kappa shape index (κ3) is 1.48. The van der Waals surface area contributed by atoms with Crippen LogP contribution < -0.4 is 0 Å². The van der Waals surface area contributed by atoms with Gasteiger partial charge in [-0.3, -0.25) is 0 Å². The molecule has 0 atom stereocenters. The quantitative estimate of drug-likeness (QED) is 0.750. The summed E-state index contributed by atoms with van der Waals surface area (Å²) in [6.07, 6.45) is 0. The standard InChI is InChI=1S/C11H11NO2/c1-7-3-4-9(6-10(7)13)11-5-8(2)12-14-11/h3-6,13H,1-2H3. The van der Waals surface area contributed by atoms with E-state index in [1.54, 1.807) is 6.07 Å². The first-order valence-corrected chi connectivity index (χ1v) is 4.40. The number of aromatic nitrogens is 1. The van der Waals surface area contributed by atoms with Gasteiger partial charge in [0.25, 0.3) is 0 Å². The van der Waals surface area contributed by atoms with Crippen LogP contribution in [0.25, 0.3) is 11.3 Å². The number of hydrogen-bond donors (Lipinski definition) is 1. The molecule has 1 heterocycles. The molecule has 1 aromatic carbocycles. The van der Waals surface area contributed by atoms with E-state index in [9.17, 15) is 5.11 Å². The molecular weight excluding hydrogens is 178 g/mol. The maximum atomic E-state index is 9.51. The second kappa shape index (κ2) is 3.18. The predicted molar refractivity (Wildman–Crippen MR) is 53.1 cm³/mol. The minimum absolute atomic E-state index is 0.275. The summed E-state index contributed by atoms with van der Waals surface area (Å²) in [6.45, 7) is 3.71. The van der Waals surface area contributed by atoms with Gasteiger partial charge in [0.1, 0.15) is 5.75 Å². The van der Waals surface area contributed by atoms with Gasteiger partial charge in [0.15, 0.2) is 5.76 Å². The van der Waals surface area contributed by atoms with Crippen LogP contribution >= 0.6 is 0 Å². The van der Waals surface area contributed by atoms with Gasteiger partial charge in [-0.15, -0.1) is 0 Å². The molecule has 0 unspecified atom stereocenters. The Morgan fingerprint density at radius 2 is 2.00 bits per heavy atom. The molecule has 0 aliphatic heterocycles. The fourth-order valence-electron chi connectivity index (χ4n) is 1.26. The molecule has 14 heavy (non-hydrogen) atoms. The van der Waals surface area contributed by atoms with E-state index in [1.807, 2.05) is 32.0 Å². The maximum Gasteiger partial charge on any atom is 0.167 e. The lowest BCUT2D eigenvalue weighted by Gasteiger charge is -1.99. The summed E-state index contributed by atoms with van der Waals surface area (Å²) in [4.78, 5) is 0. The van der Waals surface area contributed by atoms with Crippen molar-refractivity contribution in [2.75, 3.05) is 0 Å². The molecule has 2 aromatic rings. The van der Waals surface area contributed by atoms with Crippen molar-refractivity contribution in [2.45, 2.75) is 13.8 Å². The van der Waals surface area contributed by atoms with Crippen molar-refractivity contribution < 1.29 is 9.63 Å². The molecule has 1 aromatic heterocycles. The fourth-order valence-corrected chi connectivity index (χ4v) is 1.26. The van der Waals surface area contributed by atoms with Crippen molar-refractivity contribution in [1.82, 2.24) is 5.16 Å². The third-order valence-electron chi connectivity index (χ3n) is 2.12. The first kappa shape index (κ1) is 8.81. The summed E-state index contributed by atoms with van der Waals surface area (Å²) < 4.78 is 5.08. The summed E-state index contributed by atoms with van der Waals surface area (Å²) in [5.41, 5.74) is 2.53. The lowest BCUT2D eigenvalue weighted by Crippen LogP contribution is -1.77. The van der Waals surface area contributed by atoms with Crippen molar-refractivity contribution in [3.63, 3.8) is 0 Å². The normalized spacial score (nSPS) is 10.4. The average molecular weight is 189 g/mol. The number of aryl methyl sites for hydroxylation is 2. The zero-order valence-electron chi connectivity index (χ0n) is 8.11. The molecule has 2 rings (SSSR count). The van der Waals surface area contributed by atoms with E-state index < -0.39 is 0 Å². The minimum atomic E-state index is 0.275. The average Bonchev–Trinajstić information content (AvgIpc) is 2.57. The topological polar surface area (TPSA) is 46.3 Å². The molecule has 0 saturated carbocycles. The molecule has 0 radical (unpaired) electrons. The van der Waals surface area contributed by atoms with Crippen molar-refractivity contribution in [3.8, 4) is 17.1 Å². The number of benzene rings is 1. The SMILES string of the molecule is Cc1cc(-c2ccc(C)c(O)c2)on1. The van der Waals surface area contributed by atoms with Gasteiger partial charge in [-0.05, 0) is 25.5 Å². The summed E-state index contributed by atoms with van der Waals surface area (Å²) >= 11 is 0. The lowest BCUT2D eigenvalue weighted by molar-refractivity contribution is 0.426. The predicted octanol–water partition coefficient (Wildman–Crippen LogP) is 2.66. The Hall–Kier alpha value is -1.77. The second-order valence-electron chi connectivity index (χ2n) is 3.33. The Morgan fingerprint density at radius 3 is 2.57 bits per heavy atom. The first-order chi connectivity index (χ1) is 6.66. The summed E-state index contributed by atoms with van der Waals surface area (Å²) in [6, 6.07) is 7.26. The van der Waals surface area contributed by atoms with Crippen LogP contribution in [0.2, 0.25) is 0 Å². The van der Waals surface area contributed by atoms with Gasteiger partial charge in [-0.1, -0.05) is 17.3 Å². The first-order valence-electron chi connectivity index (χ1n) is 4.40. The molecule has 3 heteroatoms. The highest BCUT2D eigenvalue weighted by atomic mass is 16.5. The Kier molecular flexibility index (Phi) is 2.00. The smallest absolute Gasteiger partial charge is 0.167 e. The van der Waals surface area contributed by atoms with Gasteiger partial charge in [0.2, 0.25) is 0 Å². The molecule has 0 bridgehead atoms. The minimum Gasteiger partial charge on any atom is -0.508 e. The van der Waals surface area contributed by atoms with Crippen LogP contribution in [0, 0.1) is 13.8 Å². The molecule has 0 spiro atoms. The number of hydrogen-bond acceptors (Lipinski definition) is 3. The Labute approximate surface area is 82.0 Å². The number of phenolic OH excluding ortho intramolecular Hbond substituents is 1. The van der Waals surface area contributed by atoms with Crippen molar-refractivity contribution in [2.24, 2.45) is 0 Å². The fraction of sp³-hybridized carbons (Fsp3) is 0.182. The largest absolute Gasteiger partial charge is 0.508 e. The molecule has 0 aliphatic rings. The zero-order valence-corrected chi connectivity index (χ0v) is 8.11. The van der Waals surface area contributed by atoms with Gasteiger partial charge < -0.3 is 9.63 Å². The van der Waals surface area contributed by atoms with Crippen molar-refractivity contribution >= 4 is 0 Å². The molecule has 72 valence electrons. The van der Waals surface area contributed by atoms with E-state index in [0.717, 1.165) is 16.8 Å². The Bertz CT molecular complexity index is 460. The van der Waals surface area contributed by atoms with Crippen molar-refractivity contribution in [1.29, 1.82) is 0 Å².